The van der Waals surface area contributed by atoms with Gasteiger partial charge in [0.05, 0.1) is 45.8 Å². The van der Waals surface area contributed by atoms with Crippen LogP contribution in [0.2, 0.25) is 0 Å². The second-order valence-corrected chi connectivity index (χ2v) is 12.6. The van der Waals surface area contributed by atoms with Gasteiger partial charge in [0.25, 0.3) is 5.91 Å². The van der Waals surface area contributed by atoms with Gasteiger partial charge in [-0.15, -0.1) is 6.58 Å². The van der Waals surface area contributed by atoms with Crippen LogP contribution >= 0.6 is 0 Å². The van der Waals surface area contributed by atoms with E-state index in [0.29, 0.717) is 36.3 Å². The highest BCUT2D eigenvalue weighted by molar-refractivity contribution is 5.95. The third-order valence-corrected chi connectivity index (χ3v) is 9.82. The number of aromatic hydroxyl groups is 2. The van der Waals surface area contributed by atoms with Gasteiger partial charge in [-0.05, 0) is 59.9 Å². The zero-order valence-electron chi connectivity index (χ0n) is 28.2. The Bertz CT molecular complexity index is 1700. The van der Waals surface area contributed by atoms with E-state index in [9.17, 15) is 35.1 Å². The summed E-state index contributed by atoms with van der Waals surface area (Å²) in [5, 5.41) is 52.3. The van der Waals surface area contributed by atoms with Gasteiger partial charge in [-0.2, -0.15) is 0 Å². The fraction of sp³-hybridized carbons (Fsp3) is 0.444. The van der Waals surface area contributed by atoms with E-state index in [0.717, 1.165) is 17.2 Å². The highest BCUT2D eigenvalue weighted by Gasteiger charge is 2.52. The minimum absolute atomic E-state index is 0.0353. The lowest BCUT2D eigenvalue weighted by Crippen LogP contribution is -2.61. The topological polar surface area (TPSA) is 203 Å². The third kappa shape index (κ3) is 6.70. The summed E-state index contributed by atoms with van der Waals surface area (Å²) in [5.41, 5.74) is 2.60. The fourth-order valence-corrected chi connectivity index (χ4v) is 7.16. The highest BCUT2D eigenvalue weighted by Crippen LogP contribution is 2.49. The molecule has 0 bridgehead atoms. The lowest BCUT2D eigenvalue weighted by Gasteiger charge is -2.49. The Morgan fingerprint density at radius 3 is 2.37 bits per heavy atom. The molecular formula is C36H41NO14. The molecular weight excluding hydrogens is 670 g/mol. The van der Waals surface area contributed by atoms with Crippen LogP contribution < -0.4 is 14.2 Å². The van der Waals surface area contributed by atoms with Gasteiger partial charge in [-0.1, -0.05) is 6.08 Å². The van der Waals surface area contributed by atoms with Crippen LogP contribution in [0.1, 0.15) is 29.2 Å². The molecule has 0 radical (unpaired) electrons. The predicted octanol–water partition coefficient (Wildman–Crippen LogP) is 1.69. The predicted molar refractivity (Wildman–Crippen MR) is 177 cm³/mol. The molecule has 0 aromatic heterocycles. The molecule has 15 nitrogen and oxygen atoms in total. The van der Waals surface area contributed by atoms with Crippen molar-refractivity contribution in [1.82, 2.24) is 4.90 Å². The molecule has 15 heteroatoms. The van der Waals surface area contributed by atoms with Gasteiger partial charge >= 0.3 is 5.97 Å². The summed E-state index contributed by atoms with van der Waals surface area (Å²) in [7, 11) is 4.19. The maximum atomic E-state index is 13.8. The average molecular weight is 712 g/mol. The Morgan fingerprint density at radius 1 is 1.02 bits per heavy atom. The van der Waals surface area contributed by atoms with E-state index in [1.54, 1.807) is 23.1 Å². The minimum atomic E-state index is -1.74. The molecule has 0 unspecified atom stereocenters. The molecule has 2 aromatic carbocycles. The molecule has 0 saturated carbocycles. The van der Waals surface area contributed by atoms with Gasteiger partial charge in [0.1, 0.15) is 18.3 Å². The zero-order chi connectivity index (χ0) is 36.6. The number of piperidine rings is 1. The van der Waals surface area contributed by atoms with Crippen LogP contribution in [0.4, 0.5) is 0 Å². The van der Waals surface area contributed by atoms with Crippen LogP contribution in [0.5, 0.6) is 28.7 Å². The van der Waals surface area contributed by atoms with E-state index in [1.165, 1.54) is 45.8 Å². The van der Waals surface area contributed by atoms with Crippen molar-refractivity contribution in [1.29, 1.82) is 0 Å². The number of hydrogen-bond acceptors (Lipinski definition) is 14. The van der Waals surface area contributed by atoms with E-state index >= 15 is 0 Å². The second-order valence-electron chi connectivity index (χ2n) is 12.6. The van der Waals surface area contributed by atoms with E-state index in [2.05, 4.69) is 6.58 Å². The van der Waals surface area contributed by atoms with E-state index in [1.807, 2.05) is 0 Å². The number of benzene rings is 2. The first kappa shape index (κ1) is 36.0. The van der Waals surface area contributed by atoms with Gasteiger partial charge in [-0.25, -0.2) is 4.79 Å². The molecule has 4 heterocycles. The molecule has 2 fully saturated rings. The van der Waals surface area contributed by atoms with Crippen molar-refractivity contribution in [2.45, 2.75) is 55.9 Å². The Kier molecular flexibility index (Phi) is 10.5. The summed E-state index contributed by atoms with van der Waals surface area (Å²) in [6, 6.07) is 5.96. The first-order valence-electron chi connectivity index (χ1n) is 16.3. The molecule has 51 heavy (non-hydrogen) atoms. The van der Waals surface area contributed by atoms with Crippen molar-refractivity contribution in [2.75, 3.05) is 34.5 Å². The van der Waals surface area contributed by atoms with Crippen molar-refractivity contribution in [2.24, 2.45) is 11.8 Å². The molecule has 0 aliphatic carbocycles. The van der Waals surface area contributed by atoms with Crippen LogP contribution in [0.15, 0.2) is 54.8 Å². The molecule has 4 aliphatic heterocycles. The summed E-state index contributed by atoms with van der Waals surface area (Å²) in [6.07, 6.45) is -2.60. The Hall–Kier alpha value is -4.80. The highest BCUT2D eigenvalue weighted by atomic mass is 16.8. The molecule has 2 saturated heterocycles. The number of ether oxygens (including phenoxy) is 7. The first-order valence-corrected chi connectivity index (χ1v) is 16.3. The van der Waals surface area contributed by atoms with E-state index in [4.69, 9.17) is 33.2 Å². The summed E-state index contributed by atoms with van der Waals surface area (Å²) >= 11 is 0. The van der Waals surface area contributed by atoms with Gasteiger partial charge in [0, 0.05) is 24.5 Å². The molecule has 2 aromatic rings. The van der Waals surface area contributed by atoms with Crippen LogP contribution in [0.3, 0.4) is 0 Å². The van der Waals surface area contributed by atoms with Crippen molar-refractivity contribution >= 4 is 18.0 Å². The monoisotopic (exact) mass is 711 g/mol. The van der Waals surface area contributed by atoms with Crippen LogP contribution in [-0.4, -0.2) is 114 Å². The molecule has 4 aliphatic rings. The maximum Gasteiger partial charge on any atom is 0.331 e. The number of esters is 1. The summed E-state index contributed by atoms with van der Waals surface area (Å²) in [4.78, 5) is 28.6. The number of hydrogen-bond donors (Lipinski definition) is 5. The number of rotatable bonds is 10. The Labute approximate surface area is 293 Å². The lowest BCUT2D eigenvalue weighted by molar-refractivity contribution is -0.340. The smallest absolute Gasteiger partial charge is 0.331 e. The first-order chi connectivity index (χ1) is 24.5. The van der Waals surface area contributed by atoms with Crippen molar-refractivity contribution in [3.63, 3.8) is 0 Å². The number of aliphatic hydroxyl groups is 3. The van der Waals surface area contributed by atoms with Crippen molar-refractivity contribution in [3.05, 3.63) is 71.5 Å². The average Bonchev–Trinajstić information content (AvgIpc) is 3.13. The lowest BCUT2D eigenvalue weighted by atomic mass is 9.73. The SMILES string of the molecule is C=C[C@H]1[C@H](O[C@@H]2O[C@H](CO)[C@@H](O)[C@H](O)[C@H]2OC(=O)/C=C/c2cc(OC)c(O)c(OC)c2)OC=C2C(=O)N3CCc4cc(OC)c(O)cc4[C@H]3C[C@H]21. The molecule has 6 rings (SSSR count). The zero-order valence-corrected chi connectivity index (χ0v) is 28.2. The van der Waals surface area contributed by atoms with Gasteiger partial charge < -0.3 is 63.6 Å². The van der Waals surface area contributed by atoms with Crippen molar-refractivity contribution < 1.29 is 68.3 Å². The van der Waals surface area contributed by atoms with E-state index in [-0.39, 0.29) is 34.9 Å². The Morgan fingerprint density at radius 2 is 1.73 bits per heavy atom. The molecule has 0 spiro atoms. The number of methoxy groups -OCH3 is 3. The summed E-state index contributed by atoms with van der Waals surface area (Å²) in [5.74, 6) is -1.96. The summed E-state index contributed by atoms with van der Waals surface area (Å²) < 4.78 is 39.0. The number of carbonyl (C=O) groups excluding carboxylic acids is 2. The molecule has 5 N–H and O–H groups in total. The quantitative estimate of drug-likeness (QED) is 0.135. The van der Waals surface area contributed by atoms with Crippen LogP contribution in [0, 0.1) is 11.8 Å². The number of nitrogens with zero attached hydrogens (tertiary/aromatic N) is 1. The summed E-state index contributed by atoms with van der Waals surface area (Å²) in [6.45, 7) is 3.75. The maximum absolute atomic E-state index is 13.8. The number of amides is 1. The molecule has 1 amide bonds. The molecule has 274 valence electrons. The van der Waals surface area contributed by atoms with Gasteiger partial charge in [0.15, 0.2) is 29.1 Å². The minimum Gasteiger partial charge on any atom is -0.504 e. The second kappa shape index (κ2) is 14.8. The number of fused-ring (bicyclic) bond motifs is 4. The fourth-order valence-electron chi connectivity index (χ4n) is 7.16. The normalized spacial score (nSPS) is 29.9. The number of phenolic OH excluding ortho intramolecular Hbond substituents is 2. The third-order valence-electron chi connectivity index (χ3n) is 9.82. The standard InChI is InChI=1S/C36H41NO14/c1-5-19-21-13-23-20-14-24(39)25(45-2)12-18(20)8-9-37(23)34(44)22(21)16-48-35(19)51-36-33(32(43)31(42)28(15-38)49-36)50-29(40)7-6-17-10-26(46-3)30(41)27(11-17)47-4/h5-7,10-12,14,16,19,21,23,28,31-33,35-36,38-39,41-43H,1,8-9,13,15H2,2-4H3/b7-6+/t19-,21+,23-,28-,31-,32+,33-,35+,36+/m1/s1. The van der Waals surface area contributed by atoms with E-state index < -0.39 is 61.4 Å². The Balaban J connectivity index is 1.23. The molecule has 9 atom stereocenters. The van der Waals surface area contributed by atoms with Crippen molar-refractivity contribution in [3.8, 4) is 28.7 Å². The number of carbonyl (C=O) groups is 2. The number of aliphatic hydroxyl groups excluding tert-OH is 3. The number of phenols is 2. The largest absolute Gasteiger partial charge is 0.504 e. The van der Waals surface area contributed by atoms with Gasteiger partial charge in [-0.3, -0.25) is 4.79 Å². The van der Waals surface area contributed by atoms with Gasteiger partial charge in [0.2, 0.25) is 18.3 Å². The van der Waals surface area contributed by atoms with Crippen LogP contribution in [-0.2, 0) is 35.0 Å². The van der Waals surface area contributed by atoms with Crippen LogP contribution in [0.25, 0.3) is 6.08 Å².